The Balaban J connectivity index is 2.13. The average molecular weight is 348 g/mol. The standard InChI is InChI=1S/C14H10BrCl2F/c15-12(7-9-1-4-11(18)5-2-9)10-3-6-13(16)14(17)8-10/h1-6,8,12H,7H2. The number of rotatable bonds is 3. The van der Waals surface area contributed by atoms with Gasteiger partial charge in [-0.15, -0.1) is 0 Å². The van der Waals surface area contributed by atoms with E-state index in [1.54, 1.807) is 18.2 Å². The van der Waals surface area contributed by atoms with Crippen molar-refractivity contribution in [1.82, 2.24) is 0 Å². The Kier molecular flexibility index (Phi) is 4.66. The van der Waals surface area contributed by atoms with Gasteiger partial charge in [0, 0.05) is 4.83 Å². The van der Waals surface area contributed by atoms with Crippen LogP contribution in [0.5, 0.6) is 0 Å². The van der Waals surface area contributed by atoms with Crippen molar-refractivity contribution in [2.24, 2.45) is 0 Å². The molecule has 0 aromatic heterocycles. The second kappa shape index (κ2) is 6.05. The van der Waals surface area contributed by atoms with Crippen LogP contribution in [0, 0.1) is 5.82 Å². The van der Waals surface area contributed by atoms with Crippen molar-refractivity contribution >= 4 is 39.1 Å². The summed E-state index contributed by atoms with van der Waals surface area (Å²) in [6.07, 6.45) is 0.762. The molecule has 2 rings (SSSR count). The first-order valence-corrected chi connectivity index (χ1v) is 7.07. The quantitative estimate of drug-likeness (QED) is 0.614. The summed E-state index contributed by atoms with van der Waals surface area (Å²) in [6.45, 7) is 0. The predicted octanol–water partition coefficient (Wildman–Crippen LogP) is 5.81. The van der Waals surface area contributed by atoms with Gasteiger partial charge in [0.25, 0.3) is 0 Å². The van der Waals surface area contributed by atoms with Crippen LogP contribution >= 0.6 is 39.1 Å². The van der Waals surface area contributed by atoms with E-state index in [1.807, 2.05) is 12.1 Å². The molecule has 0 nitrogen and oxygen atoms in total. The zero-order chi connectivity index (χ0) is 13.1. The van der Waals surface area contributed by atoms with Crippen LogP contribution < -0.4 is 0 Å². The van der Waals surface area contributed by atoms with Crippen LogP contribution in [0.2, 0.25) is 10.0 Å². The summed E-state index contributed by atoms with van der Waals surface area (Å²) >= 11 is 15.5. The Bertz CT molecular complexity index is 540. The Morgan fingerprint density at radius 1 is 1.00 bits per heavy atom. The molecule has 0 spiro atoms. The third kappa shape index (κ3) is 3.47. The van der Waals surface area contributed by atoms with E-state index >= 15 is 0 Å². The summed E-state index contributed by atoms with van der Waals surface area (Å²) in [4.78, 5) is 0.123. The van der Waals surface area contributed by atoms with Crippen LogP contribution in [-0.4, -0.2) is 0 Å². The first kappa shape index (κ1) is 13.9. The van der Waals surface area contributed by atoms with Gasteiger partial charge in [-0.2, -0.15) is 0 Å². The van der Waals surface area contributed by atoms with Gasteiger partial charge in [-0.1, -0.05) is 57.3 Å². The molecule has 94 valence electrons. The number of hydrogen-bond acceptors (Lipinski definition) is 0. The maximum Gasteiger partial charge on any atom is 0.123 e. The van der Waals surface area contributed by atoms with Gasteiger partial charge < -0.3 is 0 Å². The molecule has 0 fully saturated rings. The number of alkyl halides is 1. The number of hydrogen-bond donors (Lipinski definition) is 0. The monoisotopic (exact) mass is 346 g/mol. The molecule has 0 aliphatic heterocycles. The number of halogens is 4. The van der Waals surface area contributed by atoms with E-state index in [9.17, 15) is 4.39 Å². The van der Waals surface area contributed by atoms with Gasteiger partial charge in [0.2, 0.25) is 0 Å². The molecule has 0 amide bonds. The Morgan fingerprint density at radius 2 is 1.67 bits per heavy atom. The maximum atomic E-state index is 12.8. The van der Waals surface area contributed by atoms with Gasteiger partial charge in [-0.25, -0.2) is 4.39 Å². The van der Waals surface area contributed by atoms with Gasteiger partial charge in [0.05, 0.1) is 10.0 Å². The average Bonchev–Trinajstić information content (AvgIpc) is 2.35. The first-order valence-electron chi connectivity index (χ1n) is 5.40. The SMILES string of the molecule is Fc1ccc(CC(Br)c2ccc(Cl)c(Cl)c2)cc1. The van der Waals surface area contributed by atoms with Crippen LogP contribution in [0.25, 0.3) is 0 Å². The minimum absolute atomic E-state index is 0.123. The zero-order valence-electron chi connectivity index (χ0n) is 9.34. The van der Waals surface area contributed by atoms with Crippen molar-refractivity contribution in [3.05, 3.63) is 69.5 Å². The van der Waals surface area contributed by atoms with E-state index in [-0.39, 0.29) is 10.6 Å². The van der Waals surface area contributed by atoms with Crippen molar-refractivity contribution in [2.45, 2.75) is 11.2 Å². The highest BCUT2D eigenvalue weighted by molar-refractivity contribution is 9.09. The Hall–Kier alpha value is -0.570. The molecule has 0 saturated heterocycles. The lowest BCUT2D eigenvalue weighted by atomic mass is 10.0. The summed E-state index contributed by atoms with van der Waals surface area (Å²) in [5.41, 5.74) is 2.11. The predicted molar refractivity (Wildman–Crippen MR) is 78.2 cm³/mol. The van der Waals surface area contributed by atoms with Gasteiger partial charge in [-0.05, 0) is 41.8 Å². The Morgan fingerprint density at radius 3 is 2.28 bits per heavy atom. The van der Waals surface area contributed by atoms with E-state index in [0.29, 0.717) is 10.0 Å². The van der Waals surface area contributed by atoms with Crippen molar-refractivity contribution < 1.29 is 4.39 Å². The molecule has 0 radical (unpaired) electrons. The fourth-order valence-electron chi connectivity index (χ4n) is 1.65. The number of benzene rings is 2. The molecule has 0 heterocycles. The second-order valence-corrected chi connectivity index (χ2v) is 5.89. The molecular formula is C14H10BrCl2F. The summed E-state index contributed by atoms with van der Waals surface area (Å²) in [5, 5.41) is 1.08. The van der Waals surface area contributed by atoms with Crippen LogP contribution in [-0.2, 0) is 6.42 Å². The lowest BCUT2D eigenvalue weighted by Gasteiger charge is -2.11. The van der Waals surface area contributed by atoms with E-state index < -0.39 is 0 Å². The van der Waals surface area contributed by atoms with E-state index in [0.717, 1.165) is 17.5 Å². The molecule has 2 aromatic rings. The molecule has 0 bridgehead atoms. The van der Waals surface area contributed by atoms with Crippen molar-refractivity contribution in [1.29, 1.82) is 0 Å². The molecule has 0 N–H and O–H groups in total. The van der Waals surface area contributed by atoms with Crippen LogP contribution in [0.15, 0.2) is 42.5 Å². The highest BCUT2D eigenvalue weighted by Crippen LogP contribution is 2.31. The third-order valence-corrected chi connectivity index (χ3v) is 4.22. The highest BCUT2D eigenvalue weighted by atomic mass is 79.9. The zero-order valence-corrected chi connectivity index (χ0v) is 12.4. The molecule has 18 heavy (non-hydrogen) atoms. The molecule has 0 aliphatic carbocycles. The summed E-state index contributed by atoms with van der Waals surface area (Å²) in [7, 11) is 0. The molecule has 2 aromatic carbocycles. The van der Waals surface area contributed by atoms with Crippen LogP contribution in [0.4, 0.5) is 4.39 Å². The molecular weight excluding hydrogens is 338 g/mol. The molecule has 4 heteroatoms. The smallest absolute Gasteiger partial charge is 0.123 e. The lowest BCUT2D eigenvalue weighted by molar-refractivity contribution is 0.627. The minimum atomic E-state index is -0.223. The summed E-state index contributed by atoms with van der Waals surface area (Å²) in [5.74, 6) is -0.223. The summed E-state index contributed by atoms with van der Waals surface area (Å²) in [6, 6.07) is 12.0. The Labute approximate surface area is 124 Å². The first-order chi connectivity index (χ1) is 8.56. The van der Waals surface area contributed by atoms with Gasteiger partial charge in [0.15, 0.2) is 0 Å². The van der Waals surface area contributed by atoms with Gasteiger partial charge in [-0.3, -0.25) is 0 Å². The highest BCUT2D eigenvalue weighted by Gasteiger charge is 2.10. The van der Waals surface area contributed by atoms with Gasteiger partial charge in [0.1, 0.15) is 5.82 Å². The second-order valence-electron chi connectivity index (χ2n) is 3.97. The minimum Gasteiger partial charge on any atom is -0.207 e. The molecule has 1 unspecified atom stereocenters. The fraction of sp³-hybridized carbons (Fsp3) is 0.143. The molecule has 1 atom stereocenters. The third-order valence-electron chi connectivity index (χ3n) is 2.63. The van der Waals surface area contributed by atoms with Crippen molar-refractivity contribution in [3.63, 3.8) is 0 Å². The van der Waals surface area contributed by atoms with Gasteiger partial charge >= 0.3 is 0 Å². The topological polar surface area (TPSA) is 0 Å². The largest absolute Gasteiger partial charge is 0.207 e. The maximum absolute atomic E-state index is 12.8. The fourth-order valence-corrected chi connectivity index (χ4v) is 2.62. The van der Waals surface area contributed by atoms with Crippen LogP contribution in [0.1, 0.15) is 16.0 Å². The lowest BCUT2D eigenvalue weighted by Crippen LogP contribution is -1.95. The van der Waals surface area contributed by atoms with E-state index in [2.05, 4.69) is 15.9 Å². The molecule has 0 saturated carbocycles. The van der Waals surface area contributed by atoms with Crippen molar-refractivity contribution in [3.8, 4) is 0 Å². The van der Waals surface area contributed by atoms with E-state index in [4.69, 9.17) is 23.2 Å². The summed E-state index contributed by atoms with van der Waals surface area (Å²) < 4.78 is 12.8. The normalized spacial score (nSPS) is 12.4. The molecule has 0 aliphatic rings. The van der Waals surface area contributed by atoms with E-state index in [1.165, 1.54) is 12.1 Å². The van der Waals surface area contributed by atoms with Crippen LogP contribution in [0.3, 0.4) is 0 Å². The van der Waals surface area contributed by atoms with Crippen molar-refractivity contribution in [2.75, 3.05) is 0 Å².